The molecule has 2 heterocycles. The number of rotatable bonds is 6. The number of hydrogen-bond donors (Lipinski definition) is 2. The maximum absolute atomic E-state index is 12.5. The number of nitrogens with one attached hydrogen (secondary N) is 2. The molecule has 0 aliphatic heterocycles. The molecular formula is C12H17N3O2S3. The summed E-state index contributed by atoms with van der Waals surface area (Å²) < 4.78 is 27.5. The van der Waals surface area contributed by atoms with Crippen LogP contribution in [0, 0.1) is 6.92 Å². The highest BCUT2D eigenvalue weighted by molar-refractivity contribution is 7.93. The molecule has 0 bridgehead atoms. The summed E-state index contributed by atoms with van der Waals surface area (Å²) in [5, 5.41) is 7.24. The van der Waals surface area contributed by atoms with E-state index in [1.165, 1.54) is 22.7 Å². The molecule has 0 saturated carbocycles. The maximum Gasteiger partial charge on any atom is 0.265 e. The van der Waals surface area contributed by atoms with Crippen LogP contribution in [-0.2, 0) is 16.6 Å². The van der Waals surface area contributed by atoms with Gasteiger partial charge in [0.2, 0.25) is 0 Å². The number of aryl methyl sites for hydroxylation is 1. The first-order chi connectivity index (χ1) is 9.40. The Bertz CT molecular complexity index is 660. The molecule has 5 nitrogen and oxygen atoms in total. The molecule has 0 unspecified atom stereocenters. The highest BCUT2D eigenvalue weighted by Gasteiger charge is 2.23. The predicted molar refractivity (Wildman–Crippen MR) is 84.0 cm³/mol. The number of nitrogens with zero attached hydrogens (tertiary/aromatic N) is 1. The van der Waals surface area contributed by atoms with Crippen LogP contribution in [0.4, 0.5) is 5.13 Å². The zero-order valence-corrected chi connectivity index (χ0v) is 14.0. The zero-order chi connectivity index (χ0) is 14.8. The Morgan fingerprint density at radius 1 is 1.35 bits per heavy atom. The van der Waals surface area contributed by atoms with Crippen LogP contribution in [0.1, 0.15) is 24.3 Å². The van der Waals surface area contributed by atoms with Crippen LogP contribution >= 0.6 is 22.7 Å². The summed E-state index contributed by atoms with van der Waals surface area (Å²) in [5.74, 6) is 0. The van der Waals surface area contributed by atoms with Gasteiger partial charge in [-0.25, -0.2) is 13.4 Å². The van der Waals surface area contributed by atoms with E-state index in [0.29, 0.717) is 22.6 Å². The SMILES string of the molecule is Cc1csc(CNC(C)C)c1S(=O)(=O)Nc1nccs1. The molecule has 0 fully saturated rings. The number of aromatic nitrogens is 1. The summed E-state index contributed by atoms with van der Waals surface area (Å²) >= 11 is 2.72. The molecule has 0 saturated heterocycles. The van der Waals surface area contributed by atoms with Crippen LogP contribution in [0.2, 0.25) is 0 Å². The molecule has 20 heavy (non-hydrogen) atoms. The molecule has 2 aromatic rings. The minimum Gasteiger partial charge on any atom is -0.310 e. The van der Waals surface area contributed by atoms with Crippen LogP contribution in [0.5, 0.6) is 0 Å². The van der Waals surface area contributed by atoms with Crippen molar-refractivity contribution in [2.24, 2.45) is 0 Å². The van der Waals surface area contributed by atoms with E-state index in [-0.39, 0.29) is 0 Å². The van der Waals surface area contributed by atoms with E-state index in [0.717, 1.165) is 10.4 Å². The number of thiophene rings is 1. The lowest BCUT2D eigenvalue weighted by atomic mass is 10.3. The lowest BCUT2D eigenvalue weighted by molar-refractivity contribution is 0.581. The van der Waals surface area contributed by atoms with Gasteiger partial charge in [0.05, 0.1) is 0 Å². The second kappa shape index (κ2) is 6.21. The van der Waals surface area contributed by atoms with Crippen LogP contribution < -0.4 is 10.0 Å². The van der Waals surface area contributed by atoms with Crippen molar-refractivity contribution in [1.82, 2.24) is 10.3 Å². The molecule has 2 N–H and O–H groups in total. The first kappa shape index (κ1) is 15.4. The lowest BCUT2D eigenvalue weighted by Crippen LogP contribution is -2.23. The average Bonchev–Trinajstić information content (AvgIpc) is 2.95. The maximum atomic E-state index is 12.5. The topological polar surface area (TPSA) is 71.1 Å². The van der Waals surface area contributed by atoms with Gasteiger partial charge < -0.3 is 5.32 Å². The van der Waals surface area contributed by atoms with Gasteiger partial charge >= 0.3 is 0 Å². The van der Waals surface area contributed by atoms with Gasteiger partial charge in [-0.2, -0.15) is 0 Å². The van der Waals surface area contributed by atoms with E-state index >= 15 is 0 Å². The third-order valence-electron chi connectivity index (χ3n) is 2.58. The van der Waals surface area contributed by atoms with Crippen LogP contribution in [0.15, 0.2) is 21.9 Å². The molecule has 0 amide bonds. The Hall–Kier alpha value is -0.960. The largest absolute Gasteiger partial charge is 0.310 e. The molecule has 0 spiro atoms. The molecular weight excluding hydrogens is 314 g/mol. The smallest absolute Gasteiger partial charge is 0.265 e. The Kier molecular flexibility index (Phi) is 4.79. The van der Waals surface area contributed by atoms with E-state index in [1.54, 1.807) is 11.6 Å². The van der Waals surface area contributed by atoms with Gasteiger partial charge in [-0.05, 0) is 17.9 Å². The summed E-state index contributed by atoms with van der Waals surface area (Å²) in [6, 6.07) is 0.305. The fraction of sp³-hybridized carbons (Fsp3) is 0.417. The minimum atomic E-state index is -3.58. The first-order valence-corrected chi connectivity index (χ1v) is 9.37. The van der Waals surface area contributed by atoms with Gasteiger partial charge in [-0.3, -0.25) is 4.72 Å². The number of anilines is 1. The molecule has 2 aromatic heterocycles. The van der Waals surface area contributed by atoms with Crippen molar-refractivity contribution >= 4 is 37.8 Å². The van der Waals surface area contributed by atoms with Crippen molar-refractivity contribution in [1.29, 1.82) is 0 Å². The van der Waals surface area contributed by atoms with E-state index in [9.17, 15) is 8.42 Å². The van der Waals surface area contributed by atoms with E-state index in [1.807, 2.05) is 26.2 Å². The molecule has 0 atom stereocenters. The van der Waals surface area contributed by atoms with Crippen molar-refractivity contribution in [3.8, 4) is 0 Å². The summed E-state index contributed by atoms with van der Waals surface area (Å²) in [5.41, 5.74) is 0.764. The zero-order valence-electron chi connectivity index (χ0n) is 11.5. The highest BCUT2D eigenvalue weighted by Crippen LogP contribution is 2.29. The monoisotopic (exact) mass is 331 g/mol. The minimum absolute atomic E-state index is 0.305. The Labute approximate surface area is 127 Å². The van der Waals surface area contributed by atoms with E-state index < -0.39 is 10.0 Å². The Balaban J connectivity index is 2.28. The van der Waals surface area contributed by atoms with Crippen LogP contribution in [0.25, 0.3) is 0 Å². The molecule has 0 aliphatic rings. The van der Waals surface area contributed by atoms with Gasteiger partial charge in [-0.1, -0.05) is 13.8 Å². The second-order valence-corrected chi connectivity index (χ2v) is 8.13. The average molecular weight is 331 g/mol. The fourth-order valence-corrected chi connectivity index (χ4v) is 5.26. The molecule has 2 rings (SSSR count). The van der Waals surface area contributed by atoms with Crippen molar-refractivity contribution in [3.63, 3.8) is 0 Å². The standard InChI is InChI=1S/C12H17N3O2S3/c1-8(2)14-6-10-11(9(3)7-19-10)20(16,17)15-12-13-4-5-18-12/h4-5,7-8,14H,6H2,1-3H3,(H,13,15). The lowest BCUT2D eigenvalue weighted by Gasteiger charge is -2.10. The summed E-state index contributed by atoms with van der Waals surface area (Å²) in [7, 11) is -3.58. The van der Waals surface area contributed by atoms with Gasteiger partial charge in [0.15, 0.2) is 5.13 Å². The van der Waals surface area contributed by atoms with Gasteiger partial charge in [0.1, 0.15) is 4.90 Å². The third kappa shape index (κ3) is 3.57. The van der Waals surface area contributed by atoms with Crippen molar-refractivity contribution in [2.75, 3.05) is 4.72 Å². The van der Waals surface area contributed by atoms with Crippen molar-refractivity contribution < 1.29 is 8.42 Å². The van der Waals surface area contributed by atoms with Crippen molar-refractivity contribution in [3.05, 3.63) is 27.4 Å². The molecule has 0 radical (unpaired) electrons. The summed E-state index contributed by atoms with van der Waals surface area (Å²) in [4.78, 5) is 5.15. The van der Waals surface area contributed by atoms with Crippen LogP contribution in [-0.4, -0.2) is 19.4 Å². The van der Waals surface area contributed by atoms with Crippen LogP contribution in [0.3, 0.4) is 0 Å². The predicted octanol–water partition coefficient (Wildman–Crippen LogP) is 2.81. The van der Waals surface area contributed by atoms with Gasteiger partial charge in [-0.15, -0.1) is 22.7 Å². The second-order valence-electron chi connectivity index (χ2n) is 4.65. The Morgan fingerprint density at radius 2 is 2.10 bits per heavy atom. The van der Waals surface area contributed by atoms with E-state index in [2.05, 4.69) is 15.0 Å². The normalized spacial score (nSPS) is 12.0. The van der Waals surface area contributed by atoms with Gasteiger partial charge in [0, 0.05) is 29.0 Å². The molecule has 110 valence electrons. The first-order valence-electron chi connectivity index (χ1n) is 6.13. The van der Waals surface area contributed by atoms with Gasteiger partial charge in [0.25, 0.3) is 10.0 Å². The molecule has 8 heteroatoms. The Morgan fingerprint density at radius 3 is 2.70 bits per heavy atom. The number of sulfonamides is 1. The quantitative estimate of drug-likeness (QED) is 0.854. The fourth-order valence-electron chi connectivity index (χ4n) is 1.71. The number of hydrogen-bond acceptors (Lipinski definition) is 6. The number of thiazole rings is 1. The third-order valence-corrected chi connectivity index (χ3v) is 6.20. The van der Waals surface area contributed by atoms with E-state index in [4.69, 9.17) is 0 Å². The molecule has 0 aliphatic carbocycles. The summed E-state index contributed by atoms with van der Waals surface area (Å²) in [6.07, 6.45) is 1.57. The summed E-state index contributed by atoms with van der Waals surface area (Å²) in [6.45, 7) is 6.42. The van der Waals surface area contributed by atoms with Crippen molar-refractivity contribution in [2.45, 2.75) is 38.3 Å². The molecule has 0 aromatic carbocycles. The highest BCUT2D eigenvalue weighted by atomic mass is 32.2.